The first kappa shape index (κ1) is 11.0. The minimum atomic E-state index is -2.76. The van der Waals surface area contributed by atoms with Crippen molar-refractivity contribution in [3.63, 3.8) is 0 Å². The van der Waals surface area contributed by atoms with Crippen LogP contribution in [0.15, 0.2) is 0 Å². The molecule has 0 bridgehead atoms. The molecule has 0 aromatic rings. The monoisotopic (exact) mass is 206 g/mol. The zero-order valence-corrected chi connectivity index (χ0v) is 9.10. The van der Waals surface area contributed by atoms with E-state index < -0.39 is 9.84 Å². The Balaban J connectivity index is 2.50. The molecule has 1 N–H and O–H groups in total. The highest BCUT2D eigenvalue weighted by Crippen LogP contribution is 2.31. The Bertz CT molecular complexity index is 267. The molecule has 78 valence electrons. The second-order valence-electron chi connectivity index (χ2n) is 4.80. The third kappa shape index (κ3) is 3.27. The smallest absolute Gasteiger partial charge is 0.150 e. The van der Waals surface area contributed by atoms with E-state index in [1.165, 1.54) is 0 Å². The predicted molar refractivity (Wildman–Crippen MR) is 52.2 cm³/mol. The van der Waals surface area contributed by atoms with Gasteiger partial charge in [0, 0.05) is 6.61 Å². The summed E-state index contributed by atoms with van der Waals surface area (Å²) in [5.41, 5.74) is -0.134. The van der Waals surface area contributed by atoms with Crippen molar-refractivity contribution in [2.45, 2.75) is 26.7 Å². The van der Waals surface area contributed by atoms with Crippen LogP contribution in [0.5, 0.6) is 0 Å². The Labute approximate surface area is 80.1 Å². The quantitative estimate of drug-likeness (QED) is 0.744. The van der Waals surface area contributed by atoms with Gasteiger partial charge in [-0.1, -0.05) is 13.8 Å². The maximum atomic E-state index is 11.2. The summed E-state index contributed by atoms with van der Waals surface area (Å²) in [5, 5.41) is 9.04. The van der Waals surface area contributed by atoms with E-state index in [0.717, 1.165) is 12.8 Å². The molecule has 0 saturated carbocycles. The fraction of sp³-hybridized carbons (Fsp3) is 1.00. The largest absolute Gasteiger partial charge is 0.396 e. The molecule has 4 heteroatoms. The molecule has 1 aliphatic heterocycles. The van der Waals surface area contributed by atoms with Crippen molar-refractivity contribution < 1.29 is 13.5 Å². The van der Waals surface area contributed by atoms with E-state index in [-0.39, 0.29) is 17.9 Å². The van der Waals surface area contributed by atoms with Crippen molar-refractivity contribution in [3.05, 3.63) is 0 Å². The molecular formula is C9H18O3S. The highest BCUT2D eigenvalue weighted by Gasteiger charge is 2.32. The van der Waals surface area contributed by atoms with Gasteiger partial charge < -0.3 is 5.11 Å². The van der Waals surface area contributed by atoms with Gasteiger partial charge in [0.1, 0.15) is 0 Å². The lowest BCUT2D eigenvalue weighted by Gasteiger charge is -2.24. The molecule has 0 amide bonds. The molecule has 1 rings (SSSR count). The topological polar surface area (TPSA) is 54.4 Å². The second kappa shape index (κ2) is 3.58. The van der Waals surface area contributed by atoms with Crippen LogP contribution in [0.1, 0.15) is 26.7 Å². The molecule has 0 aromatic heterocycles. The number of rotatable bonds is 3. The summed E-state index contributed by atoms with van der Waals surface area (Å²) in [6, 6.07) is 0. The zero-order chi connectivity index (χ0) is 10.1. The average molecular weight is 206 g/mol. The van der Waals surface area contributed by atoms with E-state index in [1.807, 2.05) is 13.8 Å². The fourth-order valence-electron chi connectivity index (χ4n) is 1.88. The normalized spacial score (nSPS) is 27.8. The van der Waals surface area contributed by atoms with Gasteiger partial charge in [-0.2, -0.15) is 0 Å². The van der Waals surface area contributed by atoms with Gasteiger partial charge in [0.15, 0.2) is 9.84 Å². The van der Waals surface area contributed by atoms with Gasteiger partial charge in [-0.05, 0) is 24.2 Å². The van der Waals surface area contributed by atoms with Crippen LogP contribution in [0.3, 0.4) is 0 Å². The number of sulfone groups is 1. The van der Waals surface area contributed by atoms with E-state index >= 15 is 0 Å². The van der Waals surface area contributed by atoms with Crippen molar-refractivity contribution in [1.29, 1.82) is 0 Å². The third-order valence-corrected chi connectivity index (χ3v) is 4.43. The minimum absolute atomic E-state index is 0.129. The molecule has 1 aliphatic rings. The van der Waals surface area contributed by atoms with E-state index in [0.29, 0.717) is 11.5 Å². The first-order chi connectivity index (χ1) is 5.85. The zero-order valence-electron chi connectivity index (χ0n) is 8.28. The molecule has 1 unspecified atom stereocenters. The lowest BCUT2D eigenvalue weighted by molar-refractivity contribution is 0.134. The molecular weight excluding hydrogens is 188 g/mol. The summed E-state index contributed by atoms with van der Waals surface area (Å²) >= 11 is 0. The summed E-state index contributed by atoms with van der Waals surface area (Å²) in [5.74, 6) is 0.905. The number of hydrogen-bond acceptors (Lipinski definition) is 3. The maximum Gasteiger partial charge on any atom is 0.150 e. The highest BCUT2D eigenvalue weighted by atomic mass is 32.2. The van der Waals surface area contributed by atoms with E-state index in [4.69, 9.17) is 5.11 Å². The summed E-state index contributed by atoms with van der Waals surface area (Å²) in [4.78, 5) is 0. The summed E-state index contributed by atoms with van der Waals surface area (Å²) in [6.45, 7) is 4.07. The van der Waals surface area contributed by atoms with Gasteiger partial charge in [-0.25, -0.2) is 8.42 Å². The van der Waals surface area contributed by atoms with Crippen LogP contribution in [-0.4, -0.2) is 31.6 Å². The van der Waals surface area contributed by atoms with Crippen LogP contribution in [0.4, 0.5) is 0 Å². The van der Waals surface area contributed by atoms with Crippen LogP contribution in [0.25, 0.3) is 0 Å². The molecule has 0 spiro atoms. The van der Waals surface area contributed by atoms with Crippen LogP contribution in [0.2, 0.25) is 0 Å². The van der Waals surface area contributed by atoms with Gasteiger partial charge in [0.25, 0.3) is 0 Å². The van der Waals surface area contributed by atoms with Crippen LogP contribution in [-0.2, 0) is 9.84 Å². The molecule has 1 heterocycles. The summed E-state index contributed by atoms with van der Waals surface area (Å²) in [7, 11) is -2.76. The van der Waals surface area contributed by atoms with Gasteiger partial charge in [-0.3, -0.25) is 0 Å². The van der Waals surface area contributed by atoms with Gasteiger partial charge in [0.05, 0.1) is 11.5 Å². The maximum absolute atomic E-state index is 11.2. The van der Waals surface area contributed by atoms with Crippen molar-refractivity contribution in [2.24, 2.45) is 11.3 Å². The van der Waals surface area contributed by atoms with E-state index in [2.05, 4.69) is 0 Å². The summed E-state index contributed by atoms with van der Waals surface area (Å²) < 4.78 is 22.3. The van der Waals surface area contributed by atoms with Gasteiger partial charge in [0.2, 0.25) is 0 Å². The Morgan fingerprint density at radius 3 is 2.46 bits per heavy atom. The Kier molecular flexibility index (Phi) is 3.02. The Hall–Kier alpha value is -0.0900. The van der Waals surface area contributed by atoms with E-state index in [1.54, 1.807) is 0 Å². The number of aliphatic hydroxyl groups excluding tert-OH is 1. The molecule has 0 aromatic carbocycles. The first-order valence-electron chi connectivity index (χ1n) is 4.66. The summed E-state index contributed by atoms with van der Waals surface area (Å²) in [6.07, 6.45) is 1.58. The number of aliphatic hydroxyl groups is 1. The first-order valence-corrected chi connectivity index (χ1v) is 6.48. The third-order valence-electron chi connectivity index (χ3n) is 2.60. The van der Waals surface area contributed by atoms with Crippen molar-refractivity contribution in [1.82, 2.24) is 0 Å². The van der Waals surface area contributed by atoms with Crippen LogP contribution in [0, 0.1) is 11.3 Å². The molecule has 13 heavy (non-hydrogen) atoms. The molecule has 1 saturated heterocycles. The van der Waals surface area contributed by atoms with Crippen LogP contribution < -0.4 is 0 Å². The van der Waals surface area contributed by atoms with Crippen molar-refractivity contribution in [2.75, 3.05) is 18.1 Å². The average Bonchev–Trinajstić information content (AvgIpc) is 2.29. The lowest BCUT2D eigenvalue weighted by Crippen LogP contribution is -2.21. The van der Waals surface area contributed by atoms with Crippen LogP contribution >= 0.6 is 0 Å². The van der Waals surface area contributed by atoms with Gasteiger partial charge in [-0.15, -0.1) is 0 Å². The standard InChI is InChI=1S/C9H18O3S/c1-9(2,7-10)5-8-3-4-13(11,12)6-8/h8,10H,3-7H2,1-2H3. The second-order valence-corrected chi connectivity index (χ2v) is 7.02. The molecule has 0 radical (unpaired) electrons. The molecule has 0 aliphatic carbocycles. The van der Waals surface area contributed by atoms with Crippen molar-refractivity contribution in [3.8, 4) is 0 Å². The van der Waals surface area contributed by atoms with Crippen molar-refractivity contribution >= 4 is 9.84 Å². The van der Waals surface area contributed by atoms with E-state index in [9.17, 15) is 8.42 Å². The van der Waals surface area contributed by atoms with Gasteiger partial charge >= 0.3 is 0 Å². The fourth-order valence-corrected chi connectivity index (χ4v) is 3.74. The Morgan fingerprint density at radius 2 is 2.08 bits per heavy atom. The predicted octanol–water partition coefficient (Wildman–Crippen LogP) is 0.830. The molecule has 3 nitrogen and oxygen atoms in total. The molecule has 1 fully saturated rings. The number of hydrogen-bond donors (Lipinski definition) is 1. The SMILES string of the molecule is CC(C)(CO)CC1CCS(=O)(=O)C1. The highest BCUT2D eigenvalue weighted by molar-refractivity contribution is 7.91. The Morgan fingerprint density at radius 1 is 1.46 bits per heavy atom. The minimum Gasteiger partial charge on any atom is -0.396 e. The molecule has 1 atom stereocenters. The lowest BCUT2D eigenvalue weighted by atomic mass is 9.83.